The summed E-state index contributed by atoms with van der Waals surface area (Å²) in [4.78, 5) is 16.4. The fourth-order valence-electron chi connectivity index (χ4n) is 3.77. The lowest BCUT2D eigenvalue weighted by Gasteiger charge is -2.30. The van der Waals surface area contributed by atoms with Gasteiger partial charge < -0.3 is 9.94 Å². The second-order valence-electron chi connectivity index (χ2n) is 7.37. The monoisotopic (exact) mass is 531 g/mol. The standard InChI is InChI=1S/C22H12BrF6NO3/c23-13-8-11(7-12(9-13)21(24,25)26)20(22(27,28)29)10-18(30-33-20)16-5-6-17(19(31)32)15-4-2-1-3-14(15)16/h1-9H,10H2,(H,31,32). The van der Waals surface area contributed by atoms with E-state index in [1.165, 1.54) is 24.3 Å². The summed E-state index contributed by atoms with van der Waals surface area (Å²) in [5.74, 6) is -1.22. The lowest BCUT2D eigenvalue weighted by atomic mass is 9.84. The molecule has 1 atom stereocenters. The number of alkyl halides is 6. The molecule has 0 aliphatic carbocycles. The summed E-state index contributed by atoms with van der Waals surface area (Å²) in [6, 6.07) is 10.7. The molecule has 3 aromatic carbocycles. The molecule has 33 heavy (non-hydrogen) atoms. The van der Waals surface area contributed by atoms with Crippen molar-refractivity contribution >= 4 is 38.4 Å². The number of rotatable bonds is 3. The number of aromatic carboxylic acids is 1. The van der Waals surface area contributed by atoms with Crippen LogP contribution >= 0.6 is 15.9 Å². The van der Waals surface area contributed by atoms with Gasteiger partial charge in [0.15, 0.2) is 0 Å². The van der Waals surface area contributed by atoms with Gasteiger partial charge in [-0.05, 0) is 35.0 Å². The molecule has 0 amide bonds. The Bertz CT molecular complexity index is 1300. The molecule has 0 radical (unpaired) electrons. The van der Waals surface area contributed by atoms with Crippen LogP contribution in [0.4, 0.5) is 26.3 Å². The minimum absolute atomic E-state index is 0.0576. The molecule has 0 spiro atoms. The molecule has 0 fully saturated rings. The Labute approximate surface area is 190 Å². The van der Waals surface area contributed by atoms with Crippen LogP contribution in [0.2, 0.25) is 0 Å². The van der Waals surface area contributed by atoms with Gasteiger partial charge in [0.2, 0.25) is 0 Å². The molecule has 4 nitrogen and oxygen atoms in total. The van der Waals surface area contributed by atoms with Gasteiger partial charge in [-0.3, -0.25) is 0 Å². The first-order valence-electron chi connectivity index (χ1n) is 9.29. The summed E-state index contributed by atoms with van der Waals surface area (Å²) in [6.45, 7) is 0. The van der Waals surface area contributed by atoms with Crippen LogP contribution in [0, 0.1) is 0 Å². The number of benzene rings is 3. The van der Waals surface area contributed by atoms with Crippen molar-refractivity contribution < 1.29 is 41.1 Å². The van der Waals surface area contributed by atoms with Crippen LogP contribution < -0.4 is 0 Å². The van der Waals surface area contributed by atoms with Crippen molar-refractivity contribution in [2.24, 2.45) is 5.16 Å². The Hall–Kier alpha value is -3.08. The predicted octanol–water partition coefficient (Wildman–Crippen LogP) is 6.90. The Balaban J connectivity index is 1.85. The van der Waals surface area contributed by atoms with Crippen LogP contribution in [0.3, 0.4) is 0 Å². The molecule has 1 unspecified atom stereocenters. The maximum atomic E-state index is 14.3. The van der Waals surface area contributed by atoms with Crippen molar-refractivity contribution in [3.63, 3.8) is 0 Å². The summed E-state index contributed by atoms with van der Waals surface area (Å²) in [5.41, 5.74) is -5.23. The molecule has 1 N–H and O–H groups in total. The number of oxime groups is 1. The Kier molecular flexibility index (Phi) is 5.43. The number of halogens is 7. The molecular weight excluding hydrogens is 520 g/mol. The maximum absolute atomic E-state index is 14.3. The summed E-state index contributed by atoms with van der Waals surface area (Å²) in [6.07, 6.45) is -10.9. The third kappa shape index (κ3) is 3.94. The molecule has 0 aromatic heterocycles. The van der Waals surface area contributed by atoms with Gasteiger partial charge in [0.05, 0.1) is 16.8 Å². The zero-order valence-corrected chi connectivity index (χ0v) is 17.8. The van der Waals surface area contributed by atoms with Crippen LogP contribution in [-0.2, 0) is 16.6 Å². The zero-order chi connectivity index (χ0) is 24.2. The Morgan fingerprint density at radius 1 is 1.00 bits per heavy atom. The van der Waals surface area contributed by atoms with Crippen LogP contribution in [0.15, 0.2) is 64.2 Å². The van der Waals surface area contributed by atoms with Crippen LogP contribution in [0.5, 0.6) is 0 Å². The Morgan fingerprint density at radius 3 is 2.27 bits per heavy atom. The van der Waals surface area contributed by atoms with Crippen molar-refractivity contribution in [2.75, 3.05) is 0 Å². The van der Waals surface area contributed by atoms with E-state index in [2.05, 4.69) is 21.1 Å². The molecule has 1 aliphatic heterocycles. The van der Waals surface area contributed by atoms with Gasteiger partial charge >= 0.3 is 18.3 Å². The molecule has 11 heteroatoms. The number of hydrogen-bond donors (Lipinski definition) is 1. The van der Waals surface area contributed by atoms with Crippen LogP contribution in [0.25, 0.3) is 10.8 Å². The van der Waals surface area contributed by atoms with E-state index < -0.39 is 41.5 Å². The molecule has 0 saturated heterocycles. The molecule has 1 aliphatic rings. The predicted molar refractivity (Wildman–Crippen MR) is 110 cm³/mol. The highest BCUT2D eigenvalue weighted by molar-refractivity contribution is 9.10. The lowest BCUT2D eigenvalue weighted by Crippen LogP contribution is -2.43. The zero-order valence-electron chi connectivity index (χ0n) is 16.3. The largest absolute Gasteiger partial charge is 0.478 e. The number of carboxylic acid groups (broad SMARTS) is 1. The average molecular weight is 532 g/mol. The third-order valence-corrected chi connectivity index (χ3v) is 5.80. The van der Waals surface area contributed by atoms with E-state index in [1.807, 2.05) is 0 Å². The average Bonchev–Trinajstić information content (AvgIpc) is 3.18. The second-order valence-corrected chi connectivity index (χ2v) is 8.28. The van der Waals surface area contributed by atoms with E-state index in [0.717, 1.165) is 6.07 Å². The second kappa shape index (κ2) is 7.75. The molecule has 1 heterocycles. The SMILES string of the molecule is O=C(O)c1ccc(C2=NOC(c3cc(Br)cc(C(F)(F)F)c3)(C(F)(F)F)C2)c2ccccc12. The molecule has 172 valence electrons. The highest BCUT2D eigenvalue weighted by atomic mass is 79.9. The highest BCUT2D eigenvalue weighted by Gasteiger charge is 2.62. The molecule has 4 rings (SSSR count). The van der Waals surface area contributed by atoms with Gasteiger partial charge in [0, 0.05) is 22.0 Å². The van der Waals surface area contributed by atoms with E-state index in [-0.39, 0.29) is 26.7 Å². The van der Waals surface area contributed by atoms with Crippen molar-refractivity contribution in [2.45, 2.75) is 24.4 Å². The van der Waals surface area contributed by atoms with Gasteiger partial charge in [0.1, 0.15) is 0 Å². The number of fused-ring (bicyclic) bond motifs is 1. The van der Waals surface area contributed by atoms with E-state index in [9.17, 15) is 36.2 Å². The highest BCUT2D eigenvalue weighted by Crippen LogP contribution is 2.50. The van der Waals surface area contributed by atoms with E-state index in [4.69, 9.17) is 4.84 Å². The van der Waals surface area contributed by atoms with Crippen molar-refractivity contribution in [1.82, 2.24) is 0 Å². The Morgan fingerprint density at radius 2 is 1.67 bits per heavy atom. The lowest BCUT2D eigenvalue weighted by molar-refractivity contribution is -0.276. The molecule has 0 bridgehead atoms. The topological polar surface area (TPSA) is 58.9 Å². The quantitative estimate of drug-likeness (QED) is 0.374. The van der Waals surface area contributed by atoms with Gasteiger partial charge in [-0.1, -0.05) is 51.4 Å². The fraction of sp³-hybridized carbons (Fsp3) is 0.182. The molecule has 0 saturated carbocycles. The number of carboxylic acids is 1. The van der Waals surface area contributed by atoms with E-state index >= 15 is 0 Å². The van der Waals surface area contributed by atoms with E-state index in [0.29, 0.717) is 17.5 Å². The number of nitrogens with zero attached hydrogens (tertiary/aromatic N) is 1. The molecular formula is C22H12BrF6NO3. The fourth-order valence-corrected chi connectivity index (χ4v) is 4.27. The van der Waals surface area contributed by atoms with Crippen LogP contribution in [-0.4, -0.2) is 23.0 Å². The first-order chi connectivity index (χ1) is 15.3. The molecule has 3 aromatic rings. The number of carbonyl (C=O) groups is 1. The third-order valence-electron chi connectivity index (χ3n) is 5.34. The first kappa shape index (κ1) is 23.1. The van der Waals surface area contributed by atoms with Crippen LogP contribution in [0.1, 0.15) is 33.5 Å². The van der Waals surface area contributed by atoms with Gasteiger partial charge in [0.25, 0.3) is 5.60 Å². The summed E-state index contributed by atoms with van der Waals surface area (Å²) in [7, 11) is 0. The van der Waals surface area contributed by atoms with Gasteiger partial charge in [-0.15, -0.1) is 0 Å². The normalized spacial score (nSPS) is 18.8. The first-order valence-corrected chi connectivity index (χ1v) is 10.1. The summed E-state index contributed by atoms with van der Waals surface area (Å²) < 4.78 is 82.3. The van der Waals surface area contributed by atoms with Crippen molar-refractivity contribution in [1.29, 1.82) is 0 Å². The van der Waals surface area contributed by atoms with Gasteiger partial charge in [-0.25, -0.2) is 4.79 Å². The summed E-state index contributed by atoms with van der Waals surface area (Å²) in [5, 5.41) is 13.6. The minimum Gasteiger partial charge on any atom is -0.478 e. The number of hydrogen-bond acceptors (Lipinski definition) is 3. The smallest absolute Gasteiger partial charge is 0.435 e. The maximum Gasteiger partial charge on any atom is 0.435 e. The van der Waals surface area contributed by atoms with E-state index in [1.54, 1.807) is 12.1 Å². The van der Waals surface area contributed by atoms with Gasteiger partial charge in [-0.2, -0.15) is 26.3 Å². The van der Waals surface area contributed by atoms with Crippen molar-refractivity contribution in [3.8, 4) is 0 Å². The minimum atomic E-state index is -5.11. The summed E-state index contributed by atoms with van der Waals surface area (Å²) >= 11 is 2.84. The van der Waals surface area contributed by atoms with Crippen molar-refractivity contribution in [3.05, 3.63) is 81.3 Å².